The van der Waals surface area contributed by atoms with E-state index in [0.717, 1.165) is 49.2 Å². The Morgan fingerprint density at radius 2 is 2.15 bits per heavy atom. The van der Waals surface area contributed by atoms with Crippen LogP contribution < -0.4 is 10.9 Å². The van der Waals surface area contributed by atoms with Gasteiger partial charge in [0, 0.05) is 31.4 Å². The first-order valence-electron chi connectivity index (χ1n) is 9.40. The van der Waals surface area contributed by atoms with E-state index in [-0.39, 0.29) is 5.56 Å². The summed E-state index contributed by atoms with van der Waals surface area (Å²) in [5.41, 5.74) is 3.20. The molecule has 1 aliphatic heterocycles. The third-order valence-electron chi connectivity index (χ3n) is 5.34. The monoisotopic (exact) mass is 366 g/mol. The highest BCUT2D eigenvalue weighted by Gasteiger charge is 2.21. The summed E-state index contributed by atoms with van der Waals surface area (Å²) >= 11 is 0. The number of fused-ring (bicyclic) bond motifs is 2. The molecular formula is C18H22N8O. The maximum Gasteiger partial charge on any atom is 0.284 e. The lowest BCUT2D eigenvalue weighted by molar-refractivity contribution is 0.318. The van der Waals surface area contributed by atoms with Crippen LogP contribution in [0.4, 0.5) is 0 Å². The summed E-state index contributed by atoms with van der Waals surface area (Å²) in [7, 11) is 0. The van der Waals surface area contributed by atoms with Gasteiger partial charge in [0.1, 0.15) is 11.3 Å². The second-order valence-corrected chi connectivity index (χ2v) is 7.16. The van der Waals surface area contributed by atoms with Crippen LogP contribution in [0.3, 0.4) is 0 Å². The first-order valence-corrected chi connectivity index (χ1v) is 9.40. The molecule has 1 saturated heterocycles. The normalized spacial score (nSPS) is 15.0. The average Bonchev–Trinajstić information content (AvgIpc) is 3.32. The van der Waals surface area contributed by atoms with Crippen LogP contribution in [0.15, 0.2) is 23.3 Å². The van der Waals surface area contributed by atoms with Gasteiger partial charge in [-0.25, -0.2) is 4.40 Å². The van der Waals surface area contributed by atoms with E-state index < -0.39 is 0 Å². The van der Waals surface area contributed by atoms with Crippen LogP contribution in [0.25, 0.3) is 28.1 Å². The van der Waals surface area contributed by atoms with Crippen LogP contribution in [-0.2, 0) is 6.54 Å². The molecular weight excluding hydrogens is 344 g/mol. The van der Waals surface area contributed by atoms with Gasteiger partial charge in [0.2, 0.25) is 5.78 Å². The fourth-order valence-electron chi connectivity index (χ4n) is 3.63. The number of aromatic amines is 1. The van der Waals surface area contributed by atoms with E-state index in [1.165, 1.54) is 0 Å². The minimum Gasteiger partial charge on any atom is -0.349 e. The lowest BCUT2D eigenvalue weighted by Crippen LogP contribution is -2.43. The summed E-state index contributed by atoms with van der Waals surface area (Å²) in [5, 5.41) is 16.1. The van der Waals surface area contributed by atoms with Gasteiger partial charge in [-0.3, -0.25) is 9.48 Å². The Bertz CT molecular complexity index is 1190. The minimum atomic E-state index is -0.114. The van der Waals surface area contributed by atoms with Crippen LogP contribution >= 0.6 is 0 Å². The van der Waals surface area contributed by atoms with Crippen molar-refractivity contribution in [3.8, 4) is 11.3 Å². The van der Waals surface area contributed by atoms with E-state index >= 15 is 0 Å². The molecule has 0 aliphatic carbocycles. The van der Waals surface area contributed by atoms with Gasteiger partial charge < -0.3 is 14.9 Å². The first kappa shape index (κ1) is 16.2. The molecule has 0 radical (unpaired) electrons. The number of hydrogen-bond acceptors (Lipinski definition) is 5. The van der Waals surface area contributed by atoms with Gasteiger partial charge in [0.15, 0.2) is 0 Å². The van der Waals surface area contributed by atoms with E-state index in [9.17, 15) is 4.79 Å². The van der Waals surface area contributed by atoms with Gasteiger partial charge in [-0.2, -0.15) is 5.10 Å². The molecule has 2 N–H and O–H groups in total. The summed E-state index contributed by atoms with van der Waals surface area (Å²) < 4.78 is 5.66. The molecule has 0 aromatic carbocycles. The molecule has 0 saturated carbocycles. The summed E-state index contributed by atoms with van der Waals surface area (Å²) in [6.07, 6.45) is 5.95. The molecule has 140 valence electrons. The Balaban J connectivity index is 1.69. The molecule has 5 rings (SSSR count). The van der Waals surface area contributed by atoms with Crippen molar-refractivity contribution in [2.45, 2.75) is 39.3 Å². The lowest BCUT2D eigenvalue weighted by Gasteiger charge is -2.27. The van der Waals surface area contributed by atoms with E-state index in [1.54, 1.807) is 11.3 Å². The van der Waals surface area contributed by atoms with Crippen molar-refractivity contribution in [3.05, 3.63) is 34.6 Å². The highest BCUT2D eigenvalue weighted by Crippen LogP contribution is 2.25. The Kier molecular flexibility index (Phi) is 3.64. The maximum absolute atomic E-state index is 13.0. The number of H-pyrrole nitrogens is 1. The third-order valence-corrected chi connectivity index (χ3v) is 5.34. The van der Waals surface area contributed by atoms with Gasteiger partial charge in [-0.1, -0.05) is 13.3 Å². The second kappa shape index (κ2) is 6.05. The predicted octanol–water partition coefficient (Wildman–Crippen LogP) is 1.49. The molecule has 5 heterocycles. The van der Waals surface area contributed by atoms with Crippen molar-refractivity contribution in [1.82, 2.24) is 39.2 Å². The zero-order chi connectivity index (χ0) is 18.5. The molecule has 4 aromatic rings. The predicted molar refractivity (Wildman–Crippen MR) is 102 cm³/mol. The van der Waals surface area contributed by atoms with Crippen molar-refractivity contribution in [2.75, 3.05) is 13.1 Å². The van der Waals surface area contributed by atoms with Crippen LogP contribution in [0.5, 0.6) is 0 Å². The van der Waals surface area contributed by atoms with E-state index in [4.69, 9.17) is 0 Å². The van der Waals surface area contributed by atoms with E-state index in [0.29, 0.717) is 23.2 Å². The molecule has 0 atom stereocenters. The molecule has 9 heteroatoms. The zero-order valence-electron chi connectivity index (χ0n) is 15.4. The smallest absolute Gasteiger partial charge is 0.284 e. The van der Waals surface area contributed by atoms with E-state index in [1.807, 2.05) is 23.1 Å². The number of nitrogens with zero attached hydrogens (tertiary/aromatic N) is 6. The standard InChI is InChI=1S/C18H22N8O/c1-3-4-5-24-15-6-14(12-7-20-25(10-12)13-8-19-9-13)21-16(15)17(27)26-11(2)22-23-18(24)26/h6-7,10,13,19,21H,3-5,8-9H2,1-2H3. The number of aromatic nitrogens is 7. The number of nitrogens with one attached hydrogen (secondary N) is 2. The van der Waals surface area contributed by atoms with Crippen molar-refractivity contribution in [3.63, 3.8) is 0 Å². The van der Waals surface area contributed by atoms with Crippen LogP contribution in [0.2, 0.25) is 0 Å². The lowest BCUT2D eigenvalue weighted by atomic mass is 10.2. The molecule has 0 amide bonds. The fraction of sp³-hybridized carbons (Fsp3) is 0.444. The Labute approximate surface area is 155 Å². The van der Waals surface area contributed by atoms with Crippen LogP contribution in [-0.4, -0.2) is 47.0 Å². The molecule has 9 nitrogen and oxygen atoms in total. The van der Waals surface area contributed by atoms with Gasteiger partial charge in [-0.05, 0) is 19.4 Å². The Hall–Kier alpha value is -2.94. The fourth-order valence-corrected chi connectivity index (χ4v) is 3.63. The average molecular weight is 366 g/mol. The SMILES string of the molecule is CCCCn1c2cc(-c3cnn(C4CNC4)c3)[nH]c2c(=O)n2c(C)nnc12. The topological polar surface area (TPSA) is 97.8 Å². The molecule has 0 bridgehead atoms. The Morgan fingerprint density at radius 1 is 1.30 bits per heavy atom. The molecule has 0 spiro atoms. The van der Waals surface area contributed by atoms with Crippen molar-refractivity contribution in [1.29, 1.82) is 0 Å². The van der Waals surface area contributed by atoms with Gasteiger partial charge >= 0.3 is 0 Å². The largest absolute Gasteiger partial charge is 0.349 e. The molecule has 4 aromatic heterocycles. The van der Waals surface area contributed by atoms with Gasteiger partial charge in [-0.15, -0.1) is 10.2 Å². The van der Waals surface area contributed by atoms with Gasteiger partial charge in [0.05, 0.1) is 23.4 Å². The Morgan fingerprint density at radius 3 is 2.89 bits per heavy atom. The third kappa shape index (κ3) is 2.42. The van der Waals surface area contributed by atoms with E-state index in [2.05, 4.69) is 37.1 Å². The van der Waals surface area contributed by atoms with Crippen molar-refractivity contribution >= 4 is 16.8 Å². The van der Waals surface area contributed by atoms with Crippen LogP contribution in [0, 0.1) is 6.92 Å². The number of aryl methyl sites for hydroxylation is 2. The highest BCUT2D eigenvalue weighted by molar-refractivity contribution is 5.83. The molecule has 1 aliphatic rings. The summed E-state index contributed by atoms with van der Waals surface area (Å²) in [6, 6.07) is 2.43. The van der Waals surface area contributed by atoms with Crippen molar-refractivity contribution < 1.29 is 0 Å². The molecule has 0 unspecified atom stereocenters. The number of rotatable bonds is 5. The minimum absolute atomic E-state index is 0.114. The quantitative estimate of drug-likeness (QED) is 0.558. The second-order valence-electron chi connectivity index (χ2n) is 7.16. The maximum atomic E-state index is 13.0. The molecule has 1 fully saturated rings. The summed E-state index contributed by atoms with van der Waals surface area (Å²) in [6.45, 7) is 6.63. The number of unbranched alkanes of at least 4 members (excludes halogenated alkanes) is 1. The number of hydrogen-bond donors (Lipinski definition) is 2. The summed E-state index contributed by atoms with van der Waals surface area (Å²) in [5.74, 6) is 1.20. The summed E-state index contributed by atoms with van der Waals surface area (Å²) in [4.78, 5) is 16.3. The van der Waals surface area contributed by atoms with Crippen LogP contribution in [0.1, 0.15) is 31.6 Å². The zero-order valence-corrected chi connectivity index (χ0v) is 15.4. The van der Waals surface area contributed by atoms with Crippen molar-refractivity contribution in [2.24, 2.45) is 0 Å². The molecule has 27 heavy (non-hydrogen) atoms. The van der Waals surface area contributed by atoms with Gasteiger partial charge in [0.25, 0.3) is 5.56 Å². The highest BCUT2D eigenvalue weighted by atomic mass is 16.1. The first-order chi connectivity index (χ1) is 13.2.